The number of halogens is 1. The summed E-state index contributed by atoms with van der Waals surface area (Å²) in [5.74, 6) is -0.595. The van der Waals surface area contributed by atoms with E-state index in [0.29, 0.717) is 10.7 Å². The smallest absolute Gasteiger partial charge is 0.267 e. The molecule has 0 aliphatic heterocycles. The molecule has 1 aromatic carbocycles. The number of nitrogens with zero attached hydrogens (tertiary/aromatic N) is 1. The Hall–Kier alpha value is -2.12. The van der Waals surface area contributed by atoms with Crippen molar-refractivity contribution >= 4 is 39.0 Å². The Bertz CT molecular complexity index is 778. The molecule has 2 aromatic rings. The zero-order chi connectivity index (χ0) is 15.5. The number of para-hydroxylation sites is 1. The minimum Gasteiger partial charge on any atom is -0.338 e. The average Bonchev–Trinajstić information content (AvgIpc) is 2.40. The summed E-state index contributed by atoms with van der Waals surface area (Å²) < 4.78 is 26.1. The number of rotatable bonds is 4. The van der Waals surface area contributed by atoms with Crippen LogP contribution < -0.4 is 10.0 Å². The molecular weight excluding hydrogens is 314 g/mol. The van der Waals surface area contributed by atoms with E-state index in [9.17, 15) is 13.2 Å². The zero-order valence-electron chi connectivity index (χ0n) is 11.0. The molecule has 2 rings (SSSR count). The molecule has 0 spiro atoms. The van der Waals surface area contributed by atoms with Gasteiger partial charge in [-0.3, -0.25) is 4.79 Å². The molecule has 1 amide bonds. The van der Waals surface area contributed by atoms with Crippen molar-refractivity contribution in [2.75, 3.05) is 5.32 Å². The lowest BCUT2D eigenvalue weighted by Crippen LogP contribution is -2.28. The third kappa shape index (κ3) is 3.71. The van der Waals surface area contributed by atoms with Gasteiger partial charge < -0.3 is 5.32 Å². The number of benzene rings is 1. The van der Waals surface area contributed by atoms with Crippen LogP contribution in [0.25, 0.3) is 0 Å². The molecule has 1 heterocycles. The topological polar surface area (TPSA) is 88.2 Å². The highest BCUT2D eigenvalue weighted by Gasteiger charge is 2.20. The van der Waals surface area contributed by atoms with E-state index < -0.39 is 15.9 Å². The molecule has 0 bridgehead atoms. The van der Waals surface area contributed by atoms with Crippen molar-refractivity contribution in [1.82, 2.24) is 9.71 Å². The summed E-state index contributed by atoms with van der Waals surface area (Å²) in [5.41, 5.74) is 0.511. The number of nitrogens with one attached hydrogen (secondary N) is 2. The van der Waals surface area contributed by atoms with E-state index in [1.165, 1.54) is 18.3 Å². The third-order valence-corrected chi connectivity index (χ3v) is 4.26. The second-order valence-electron chi connectivity index (χ2n) is 4.12. The molecule has 0 aliphatic rings. The van der Waals surface area contributed by atoms with E-state index in [1.54, 1.807) is 24.3 Å². The van der Waals surface area contributed by atoms with Crippen molar-refractivity contribution in [1.29, 1.82) is 0 Å². The van der Waals surface area contributed by atoms with Crippen LogP contribution in [0.3, 0.4) is 0 Å². The highest BCUT2D eigenvalue weighted by atomic mass is 35.5. The molecule has 0 atom stereocenters. The predicted octanol–water partition coefficient (Wildman–Crippen LogP) is 2.30. The fourth-order valence-electron chi connectivity index (χ4n) is 1.64. The van der Waals surface area contributed by atoms with Gasteiger partial charge >= 0.3 is 0 Å². The minimum atomic E-state index is -3.99. The van der Waals surface area contributed by atoms with Crippen molar-refractivity contribution in [3.05, 3.63) is 47.6 Å². The van der Waals surface area contributed by atoms with Crippen LogP contribution in [-0.2, 0) is 14.8 Å². The van der Waals surface area contributed by atoms with E-state index in [-0.39, 0.29) is 10.7 Å². The second kappa shape index (κ2) is 6.11. The van der Waals surface area contributed by atoms with Crippen LogP contribution in [0.2, 0.25) is 5.02 Å². The summed E-state index contributed by atoms with van der Waals surface area (Å²) in [5, 5.41) is 3.27. The van der Waals surface area contributed by atoms with Crippen LogP contribution in [-0.4, -0.2) is 19.3 Å². The van der Waals surface area contributed by atoms with Crippen molar-refractivity contribution in [3.8, 4) is 0 Å². The summed E-state index contributed by atoms with van der Waals surface area (Å²) in [4.78, 5) is 14.9. The Morgan fingerprint density at radius 3 is 2.57 bits per heavy atom. The Labute approximate surface area is 127 Å². The normalized spacial score (nSPS) is 11.0. The molecular formula is C13H12ClN3O3S. The molecule has 0 radical (unpaired) electrons. The molecule has 0 fully saturated rings. The number of pyridine rings is 1. The van der Waals surface area contributed by atoms with Crippen molar-refractivity contribution in [2.24, 2.45) is 0 Å². The average molecular weight is 326 g/mol. The van der Waals surface area contributed by atoms with Crippen LogP contribution in [0.5, 0.6) is 0 Å². The first-order valence-corrected chi connectivity index (χ1v) is 7.76. The summed E-state index contributed by atoms with van der Waals surface area (Å²) in [6.45, 7) is 1.12. The standard InChI is InChI=1S/C13H12ClN3O3S/c1-9(18)17-21(19,20)12-7-4-8-15-13(12)16-11-6-3-2-5-10(11)14/h2-8H,1H3,(H,15,16)(H,17,18). The number of carbonyl (C=O) groups is 1. The van der Waals surface area contributed by atoms with Crippen molar-refractivity contribution in [3.63, 3.8) is 0 Å². The van der Waals surface area contributed by atoms with Crippen molar-refractivity contribution in [2.45, 2.75) is 11.8 Å². The maximum absolute atomic E-state index is 12.1. The summed E-state index contributed by atoms with van der Waals surface area (Å²) >= 11 is 6.02. The highest BCUT2D eigenvalue weighted by molar-refractivity contribution is 7.90. The number of aromatic nitrogens is 1. The van der Waals surface area contributed by atoms with E-state index >= 15 is 0 Å². The van der Waals surface area contributed by atoms with Crippen LogP contribution in [0.1, 0.15) is 6.92 Å². The molecule has 0 unspecified atom stereocenters. The van der Waals surface area contributed by atoms with E-state index in [2.05, 4.69) is 10.3 Å². The van der Waals surface area contributed by atoms with Gasteiger partial charge in [-0.1, -0.05) is 23.7 Å². The van der Waals surface area contributed by atoms with Crippen molar-refractivity contribution < 1.29 is 13.2 Å². The fourth-order valence-corrected chi connectivity index (χ4v) is 2.92. The molecule has 21 heavy (non-hydrogen) atoms. The molecule has 0 saturated heterocycles. The molecule has 110 valence electrons. The predicted molar refractivity (Wildman–Crippen MR) is 80.0 cm³/mol. The molecule has 0 aliphatic carbocycles. The lowest BCUT2D eigenvalue weighted by Gasteiger charge is -2.12. The van der Waals surface area contributed by atoms with Gasteiger partial charge in [0.25, 0.3) is 10.0 Å². The Balaban J connectivity index is 2.43. The Morgan fingerprint density at radius 2 is 1.90 bits per heavy atom. The van der Waals surface area contributed by atoms with Gasteiger partial charge in [0.1, 0.15) is 4.90 Å². The van der Waals surface area contributed by atoms with Gasteiger partial charge in [-0.05, 0) is 24.3 Å². The number of hydrogen-bond donors (Lipinski definition) is 2. The molecule has 8 heteroatoms. The summed E-state index contributed by atoms with van der Waals surface area (Å²) in [6.07, 6.45) is 1.44. The SMILES string of the molecule is CC(=O)NS(=O)(=O)c1cccnc1Nc1ccccc1Cl. The summed E-state index contributed by atoms with van der Waals surface area (Å²) in [7, 11) is -3.99. The highest BCUT2D eigenvalue weighted by Crippen LogP contribution is 2.27. The largest absolute Gasteiger partial charge is 0.338 e. The monoisotopic (exact) mass is 325 g/mol. The number of hydrogen-bond acceptors (Lipinski definition) is 5. The van der Waals surface area contributed by atoms with Gasteiger partial charge in [-0.25, -0.2) is 18.1 Å². The quantitative estimate of drug-likeness (QED) is 0.900. The minimum absolute atomic E-state index is 0.0827. The number of anilines is 2. The first-order valence-electron chi connectivity index (χ1n) is 5.90. The lowest BCUT2D eigenvalue weighted by molar-refractivity contribution is -0.117. The van der Waals surface area contributed by atoms with E-state index in [0.717, 1.165) is 6.92 Å². The molecule has 2 N–H and O–H groups in total. The third-order valence-electron chi connectivity index (χ3n) is 2.47. The van der Waals surface area contributed by atoms with Gasteiger partial charge in [0, 0.05) is 13.1 Å². The first kappa shape index (κ1) is 15.3. The summed E-state index contributed by atoms with van der Waals surface area (Å²) in [6, 6.07) is 9.66. The van der Waals surface area contributed by atoms with Gasteiger partial charge in [0.15, 0.2) is 5.82 Å². The second-order valence-corrected chi connectivity index (χ2v) is 6.17. The first-order chi connectivity index (χ1) is 9.90. The van der Waals surface area contributed by atoms with Gasteiger partial charge in [-0.2, -0.15) is 0 Å². The number of amides is 1. The number of sulfonamides is 1. The fraction of sp³-hybridized carbons (Fsp3) is 0.0769. The van der Waals surface area contributed by atoms with Crippen LogP contribution >= 0.6 is 11.6 Å². The Kier molecular flexibility index (Phi) is 4.44. The van der Waals surface area contributed by atoms with E-state index in [4.69, 9.17) is 11.6 Å². The Morgan fingerprint density at radius 1 is 1.19 bits per heavy atom. The van der Waals surface area contributed by atoms with Crippen LogP contribution in [0.15, 0.2) is 47.5 Å². The van der Waals surface area contributed by atoms with Crippen LogP contribution in [0.4, 0.5) is 11.5 Å². The molecule has 0 saturated carbocycles. The van der Waals surface area contributed by atoms with E-state index in [1.807, 2.05) is 4.72 Å². The lowest BCUT2D eigenvalue weighted by atomic mass is 10.3. The molecule has 1 aromatic heterocycles. The zero-order valence-corrected chi connectivity index (χ0v) is 12.6. The van der Waals surface area contributed by atoms with Gasteiger partial charge in [0.2, 0.25) is 5.91 Å². The maximum atomic E-state index is 12.1. The molecule has 6 nitrogen and oxygen atoms in total. The number of carbonyl (C=O) groups excluding carboxylic acids is 1. The maximum Gasteiger partial charge on any atom is 0.267 e. The van der Waals surface area contributed by atoms with Crippen LogP contribution in [0, 0.1) is 0 Å². The van der Waals surface area contributed by atoms with Gasteiger partial charge in [0.05, 0.1) is 10.7 Å². The van der Waals surface area contributed by atoms with Gasteiger partial charge in [-0.15, -0.1) is 0 Å².